The van der Waals surface area contributed by atoms with Crippen molar-refractivity contribution >= 4 is 38.8 Å². The number of fused-ring (bicyclic) bond motifs is 1. The molecule has 146 valence electrons. The summed E-state index contributed by atoms with van der Waals surface area (Å²) >= 11 is 3.35. The van der Waals surface area contributed by atoms with Crippen LogP contribution in [0.15, 0.2) is 51.4 Å². The van der Waals surface area contributed by atoms with Gasteiger partial charge in [-0.15, -0.1) is 0 Å². The minimum absolute atomic E-state index is 0.256. The number of furan rings is 1. The summed E-state index contributed by atoms with van der Waals surface area (Å²) in [4.78, 5) is 25.1. The van der Waals surface area contributed by atoms with E-state index in [1.165, 1.54) is 0 Å². The number of hydrogen-bond donors (Lipinski definition) is 0. The first-order chi connectivity index (χ1) is 13.2. The molecule has 0 N–H and O–H groups in total. The summed E-state index contributed by atoms with van der Waals surface area (Å²) < 4.78 is 17.3. The highest BCUT2D eigenvalue weighted by Crippen LogP contribution is 2.36. The molecular weight excluding hydrogens is 424 g/mol. The topological polar surface area (TPSA) is 65.7 Å². The van der Waals surface area contributed by atoms with Gasteiger partial charge in [-0.1, -0.05) is 32.9 Å². The molecule has 3 rings (SSSR count). The number of esters is 2. The van der Waals surface area contributed by atoms with E-state index in [2.05, 4.69) is 15.9 Å². The van der Waals surface area contributed by atoms with Gasteiger partial charge in [0, 0.05) is 15.3 Å². The summed E-state index contributed by atoms with van der Waals surface area (Å²) in [6.07, 6.45) is 0. The molecule has 1 aromatic heterocycles. The van der Waals surface area contributed by atoms with Crippen LogP contribution in [0, 0.1) is 0 Å². The first-order valence-electron chi connectivity index (χ1n) is 8.93. The number of carbonyl (C=O) groups excluding carboxylic acids is 2. The first kappa shape index (κ1) is 20.1. The van der Waals surface area contributed by atoms with Crippen molar-refractivity contribution in [2.24, 2.45) is 0 Å². The van der Waals surface area contributed by atoms with Crippen LogP contribution < -0.4 is 4.74 Å². The van der Waals surface area contributed by atoms with E-state index in [9.17, 15) is 9.59 Å². The number of halogens is 1. The zero-order valence-electron chi connectivity index (χ0n) is 16.2. The van der Waals surface area contributed by atoms with Crippen molar-refractivity contribution < 1.29 is 23.5 Å². The molecule has 2 aromatic carbocycles. The predicted molar refractivity (Wildman–Crippen MR) is 110 cm³/mol. The molecule has 0 amide bonds. The van der Waals surface area contributed by atoms with Crippen LogP contribution in [-0.2, 0) is 10.2 Å². The smallest absolute Gasteiger partial charge is 0.344 e. The Morgan fingerprint density at radius 3 is 2.43 bits per heavy atom. The van der Waals surface area contributed by atoms with E-state index in [4.69, 9.17) is 13.9 Å². The maximum absolute atomic E-state index is 12.6. The molecule has 0 spiro atoms. The van der Waals surface area contributed by atoms with Crippen molar-refractivity contribution in [1.29, 1.82) is 0 Å². The highest BCUT2D eigenvalue weighted by molar-refractivity contribution is 9.10. The molecule has 3 aromatic rings. The van der Waals surface area contributed by atoms with Crippen LogP contribution in [0.5, 0.6) is 5.75 Å². The second-order valence-electron chi connectivity index (χ2n) is 7.30. The third-order valence-electron chi connectivity index (χ3n) is 4.12. The molecule has 0 saturated heterocycles. The van der Waals surface area contributed by atoms with Gasteiger partial charge >= 0.3 is 11.9 Å². The summed E-state index contributed by atoms with van der Waals surface area (Å²) in [6.45, 7) is 7.89. The lowest BCUT2D eigenvalue weighted by molar-refractivity contribution is 0.0523. The van der Waals surface area contributed by atoms with Gasteiger partial charge in [0.15, 0.2) is 0 Å². The Balaban J connectivity index is 2.05. The fraction of sp³-hybridized carbons (Fsp3) is 0.273. The fourth-order valence-electron chi connectivity index (χ4n) is 2.86. The highest BCUT2D eigenvalue weighted by Gasteiger charge is 2.30. The number of rotatable bonds is 4. The summed E-state index contributed by atoms with van der Waals surface area (Å²) in [5.41, 5.74) is 0.917. The van der Waals surface area contributed by atoms with Crippen molar-refractivity contribution in [3.63, 3.8) is 0 Å². The van der Waals surface area contributed by atoms with E-state index in [-0.39, 0.29) is 6.61 Å². The van der Waals surface area contributed by atoms with Crippen molar-refractivity contribution in [1.82, 2.24) is 0 Å². The number of ether oxygens (including phenoxy) is 2. The predicted octanol–water partition coefficient (Wildman–Crippen LogP) is 5.89. The summed E-state index contributed by atoms with van der Waals surface area (Å²) in [5.74, 6) is -0.0974. The van der Waals surface area contributed by atoms with Crippen LogP contribution in [0.2, 0.25) is 0 Å². The quantitative estimate of drug-likeness (QED) is 0.370. The molecule has 1 heterocycles. The monoisotopic (exact) mass is 444 g/mol. The first-order valence-corrected chi connectivity index (χ1v) is 9.72. The zero-order valence-corrected chi connectivity index (χ0v) is 17.8. The van der Waals surface area contributed by atoms with Crippen LogP contribution in [-0.4, -0.2) is 18.5 Å². The molecule has 0 bridgehead atoms. The van der Waals surface area contributed by atoms with E-state index in [0.717, 1.165) is 0 Å². The standard InChI is InChI=1S/C22H21BrO5/c1-5-26-21(25)18-15-12-13(10-11-17(15)28-19(18)22(2,3)4)27-20(24)14-8-6-7-9-16(14)23/h6-12H,5H2,1-4H3. The lowest BCUT2D eigenvalue weighted by Crippen LogP contribution is -2.16. The average Bonchev–Trinajstić information content (AvgIpc) is 3.01. The Hall–Kier alpha value is -2.60. The molecule has 28 heavy (non-hydrogen) atoms. The molecule has 6 heteroatoms. The van der Waals surface area contributed by atoms with Crippen molar-refractivity contribution in [3.05, 3.63) is 63.8 Å². The van der Waals surface area contributed by atoms with Gasteiger partial charge < -0.3 is 13.9 Å². The Labute approximate surface area is 171 Å². The number of hydrogen-bond acceptors (Lipinski definition) is 5. The Bertz CT molecular complexity index is 1040. The molecule has 0 radical (unpaired) electrons. The van der Waals surface area contributed by atoms with Crippen LogP contribution in [0.25, 0.3) is 11.0 Å². The van der Waals surface area contributed by atoms with E-state index in [1.807, 2.05) is 26.8 Å². The Morgan fingerprint density at radius 1 is 1.07 bits per heavy atom. The summed E-state index contributed by atoms with van der Waals surface area (Å²) in [6, 6.07) is 12.0. The van der Waals surface area contributed by atoms with Crippen LogP contribution >= 0.6 is 15.9 Å². The van der Waals surface area contributed by atoms with Crippen LogP contribution in [0.3, 0.4) is 0 Å². The average molecular weight is 445 g/mol. The minimum Gasteiger partial charge on any atom is -0.462 e. The molecule has 0 unspecified atom stereocenters. The van der Waals surface area contributed by atoms with Gasteiger partial charge in [0.1, 0.15) is 22.7 Å². The van der Waals surface area contributed by atoms with E-state index >= 15 is 0 Å². The third kappa shape index (κ3) is 3.97. The van der Waals surface area contributed by atoms with Gasteiger partial charge in [-0.3, -0.25) is 0 Å². The number of benzene rings is 2. The lowest BCUT2D eigenvalue weighted by Gasteiger charge is -2.16. The van der Waals surface area contributed by atoms with Crippen molar-refractivity contribution in [2.45, 2.75) is 33.1 Å². The maximum atomic E-state index is 12.6. The lowest BCUT2D eigenvalue weighted by atomic mass is 9.89. The van der Waals surface area contributed by atoms with Gasteiger partial charge in [-0.25, -0.2) is 9.59 Å². The molecule has 0 fully saturated rings. The van der Waals surface area contributed by atoms with Crippen molar-refractivity contribution in [2.75, 3.05) is 6.61 Å². The van der Waals surface area contributed by atoms with E-state index < -0.39 is 17.4 Å². The maximum Gasteiger partial charge on any atom is 0.344 e. The van der Waals surface area contributed by atoms with E-state index in [1.54, 1.807) is 43.3 Å². The van der Waals surface area contributed by atoms with Gasteiger partial charge in [0.05, 0.1) is 12.2 Å². The van der Waals surface area contributed by atoms with Gasteiger partial charge in [-0.2, -0.15) is 0 Å². The Morgan fingerprint density at radius 2 is 1.79 bits per heavy atom. The molecule has 0 aliphatic carbocycles. The van der Waals surface area contributed by atoms with Crippen LogP contribution in [0.1, 0.15) is 54.2 Å². The van der Waals surface area contributed by atoms with Crippen LogP contribution in [0.4, 0.5) is 0 Å². The molecule has 0 atom stereocenters. The largest absolute Gasteiger partial charge is 0.462 e. The molecule has 0 saturated carbocycles. The second-order valence-corrected chi connectivity index (χ2v) is 8.16. The SMILES string of the molecule is CCOC(=O)c1c(C(C)(C)C)oc2ccc(OC(=O)c3ccccc3Br)cc12. The Kier molecular flexibility index (Phi) is 5.61. The van der Waals surface area contributed by atoms with Gasteiger partial charge in [0.25, 0.3) is 0 Å². The van der Waals surface area contributed by atoms with Gasteiger partial charge in [0.2, 0.25) is 0 Å². The van der Waals surface area contributed by atoms with Crippen molar-refractivity contribution in [3.8, 4) is 5.75 Å². The van der Waals surface area contributed by atoms with E-state index in [0.29, 0.717) is 38.1 Å². The normalized spacial score (nSPS) is 11.5. The minimum atomic E-state index is -0.496. The summed E-state index contributed by atoms with van der Waals surface area (Å²) in [5, 5.41) is 0.556. The zero-order chi connectivity index (χ0) is 20.5. The summed E-state index contributed by atoms with van der Waals surface area (Å²) in [7, 11) is 0. The second kappa shape index (κ2) is 7.80. The molecule has 0 aliphatic rings. The van der Waals surface area contributed by atoms with Gasteiger partial charge in [-0.05, 0) is 53.2 Å². The molecule has 5 nitrogen and oxygen atoms in total. The highest BCUT2D eigenvalue weighted by atomic mass is 79.9. The third-order valence-corrected chi connectivity index (χ3v) is 4.82. The number of carbonyl (C=O) groups is 2. The fourth-order valence-corrected chi connectivity index (χ4v) is 3.31. The molecule has 0 aliphatic heterocycles. The molecular formula is C22H21BrO5.